The van der Waals surface area contributed by atoms with Crippen molar-refractivity contribution in [2.24, 2.45) is 0 Å². The average Bonchev–Trinajstić information content (AvgIpc) is 2.75. The summed E-state index contributed by atoms with van der Waals surface area (Å²) in [6.45, 7) is 3.54. The van der Waals surface area contributed by atoms with Crippen LogP contribution in [0.4, 0.5) is 0 Å². The van der Waals surface area contributed by atoms with Crippen LogP contribution in [0.3, 0.4) is 0 Å². The summed E-state index contributed by atoms with van der Waals surface area (Å²) in [6, 6.07) is 8.39. The van der Waals surface area contributed by atoms with Crippen molar-refractivity contribution in [2.45, 2.75) is 20.1 Å². The highest BCUT2D eigenvalue weighted by molar-refractivity contribution is 9.10. The first-order valence-electron chi connectivity index (χ1n) is 5.79. The van der Waals surface area contributed by atoms with E-state index in [1.165, 1.54) is 16.0 Å². The van der Waals surface area contributed by atoms with Gasteiger partial charge in [0.15, 0.2) is 0 Å². The fourth-order valence-corrected chi connectivity index (χ4v) is 3.12. The standard InChI is InChI=1S/C14H16BrNOS/c1-10-3-4-14(11(5-10)7-16-2)17-8-13-6-12(15)9-18-13/h3-6,9,16H,7-8H2,1-2H3. The van der Waals surface area contributed by atoms with Crippen LogP contribution in [0.2, 0.25) is 0 Å². The van der Waals surface area contributed by atoms with Crippen molar-refractivity contribution < 1.29 is 4.74 Å². The summed E-state index contributed by atoms with van der Waals surface area (Å²) in [7, 11) is 1.95. The molecule has 0 saturated carbocycles. The number of aryl methyl sites for hydroxylation is 1. The minimum Gasteiger partial charge on any atom is -0.488 e. The summed E-state index contributed by atoms with van der Waals surface area (Å²) in [5, 5.41) is 5.24. The number of hydrogen-bond acceptors (Lipinski definition) is 3. The van der Waals surface area contributed by atoms with E-state index in [1.54, 1.807) is 11.3 Å². The van der Waals surface area contributed by atoms with Crippen LogP contribution in [-0.4, -0.2) is 7.05 Å². The summed E-state index contributed by atoms with van der Waals surface area (Å²) in [5.74, 6) is 0.958. The fourth-order valence-electron chi connectivity index (χ4n) is 1.76. The molecule has 18 heavy (non-hydrogen) atoms. The van der Waals surface area contributed by atoms with Gasteiger partial charge < -0.3 is 10.1 Å². The van der Waals surface area contributed by atoms with Crippen LogP contribution >= 0.6 is 27.3 Å². The molecule has 1 aromatic heterocycles. The second-order valence-corrected chi connectivity index (χ2v) is 6.07. The van der Waals surface area contributed by atoms with E-state index in [0.29, 0.717) is 6.61 Å². The predicted octanol–water partition coefficient (Wildman–Crippen LogP) is 4.12. The molecule has 0 amide bonds. The highest BCUT2D eigenvalue weighted by atomic mass is 79.9. The summed E-state index contributed by atoms with van der Waals surface area (Å²) in [4.78, 5) is 1.22. The third-order valence-corrected chi connectivity index (χ3v) is 4.25. The Labute approximate surface area is 120 Å². The van der Waals surface area contributed by atoms with Gasteiger partial charge in [-0.15, -0.1) is 11.3 Å². The lowest BCUT2D eigenvalue weighted by Gasteiger charge is -2.11. The average molecular weight is 326 g/mol. The smallest absolute Gasteiger partial charge is 0.124 e. The topological polar surface area (TPSA) is 21.3 Å². The molecule has 2 nitrogen and oxygen atoms in total. The van der Waals surface area contributed by atoms with Gasteiger partial charge in [-0.25, -0.2) is 0 Å². The van der Waals surface area contributed by atoms with Crippen molar-refractivity contribution in [3.63, 3.8) is 0 Å². The first-order valence-corrected chi connectivity index (χ1v) is 7.46. The molecule has 0 bridgehead atoms. The van der Waals surface area contributed by atoms with Crippen LogP contribution in [0.15, 0.2) is 34.1 Å². The summed E-state index contributed by atoms with van der Waals surface area (Å²) in [5.41, 5.74) is 2.46. The van der Waals surface area contributed by atoms with E-state index in [-0.39, 0.29) is 0 Å². The number of thiophene rings is 1. The molecule has 0 spiro atoms. The van der Waals surface area contributed by atoms with Crippen LogP contribution in [0.25, 0.3) is 0 Å². The maximum absolute atomic E-state index is 5.89. The molecule has 2 rings (SSSR count). The molecule has 4 heteroatoms. The number of ether oxygens (including phenoxy) is 1. The van der Waals surface area contributed by atoms with Gasteiger partial charge in [0, 0.05) is 26.8 Å². The third-order valence-electron chi connectivity index (χ3n) is 2.57. The lowest BCUT2D eigenvalue weighted by Crippen LogP contribution is -2.07. The molecule has 0 saturated heterocycles. The van der Waals surface area contributed by atoms with E-state index < -0.39 is 0 Å². The Hall–Kier alpha value is -0.840. The van der Waals surface area contributed by atoms with E-state index in [0.717, 1.165) is 16.8 Å². The summed E-state index contributed by atoms with van der Waals surface area (Å²) >= 11 is 5.16. The second-order valence-electron chi connectivity index (χ2n) is 4.16. The van der Waals surface area contributed by atoms with Crippen molar-refractivity contribution in [2.75, 3.05) is 7.05 Å². The molecule has 0 radical (unpaired) electrons. The lowest BCUT2D eigenvalue weighted by molar-refractivity contribution is 0.306. The Morgan fingerprint density at radius 2 is 2.17 bits per heavy atom. The van der Waals surface area contributed by atoms with Crippen molar-refractivity contribution >= 4 is 27.3 Å². The van der Waals surface area contributed by atoms with Crippen LogP contribution in [-0.2, 0) is 13.2 Å². The Bertz CT molecular complexity index is 524. The summed E-state index contributed by atoms with van der Waals surface area (Å²) < 4.78 is 7.01. The van der Waals surface area contributed by atoms with Gasteiger partial charge in [-0.2, -0.15) is 0 Å². The van der Waals surface area contributed by atoms with Crippen molar-refractivity contribution in [3.05, 3.63) is 50.1 Å². The number of benzene rings is 1. The van der Waals surface area contributed by atoms with Crippen LogP contribution in [0.1, 0.15) is 16.0 Å². The van der Waals surface area contributed by atoms with Gasteiger partial charge in [-0.05, 0) is 42.0 Å². The zero-order valence-electron chi connectivity index (χ0n) is 10.5. The molecule has 0 fully saturated rings. The molecular weight excluding hydrogens is 310 g/mol. The largest absolute Gasteiger partial charge is 0.488 e. The van der Waals surface area contributed by atoms with Gasteiger partial charge >= 0.3 is 0 Å². The van der Waals surface area contributed by atoms with Gasteiger partial charge in [0.1, 0.15) is 12.4 Å². The number of rotatable bonds is 5. The van der Waals surface area contributed by atoms with E-state index in [1.807, 2.05) is 13.1 Å². The summed E-state index contributed by atoms with van der Waals surface area (Å²) in [6.07, 6.45) is 0. The normalized spacial score (nSPS) is 10.6. The van der Waals surface area contributed by atoms with E-state index in [9.17, 15) is 0 Å². The first kappa shape index (κ1) is 13.6. The molecule has 1 heterocycles. The maximum Gasteiger partial charge on any atom is 0.124 e. The van der Waals surface area contributed by atoms with Gasteiger partial charge in [0.05, 0.1) is 0 Å². The highest BCUT2D eigenvalue weighted by Gasteiger charge is 2.05. The van der Waals surface area contributed by atoms with Gasteiger partial charge in [0.2, 0.25) is 0 Å². The highest BCUT2D eigenvalue weighted by Crippen LogP contribution is 2.24. The predicted molar refractivity (Wildman–Crippen MR) is 80.3 cm³/mol. The second kappa shape index (κ2) is 6.36. The van der Waals surface area contributed by atoms with Crippen molar-refractivity contribution in [1.82, 2.24) is 5.32 Å². The van der Waals surface area contributed by atoms with Crippen molar-refractivity contribution in [3.8, 4) is 5.75 Å². The number of hydrogen-bond donors (Lipinski definition) is 1. The van der Waals surface area contributed by atoms with E-state index >= 15 is 0 Å². The molecule has 0 atom stereocenters. The number of nitrogens with one attached hydrogen (secondary N) is 1. The van der Waals surface area contributed by atoms with Crippen LogP contribution in [0.5, 0.6) is 5.75 Å². The molecule has 0 aliphatic carbocycles. The Morgan fingerprint density at radius 3 is 2.83 bits per heavy atom. The molecule has 1 N–H and O–H groups in total. The molecule has 2 aromatic rings. The zero-order chi connectivity index (χ0) is 13.0. The zero-order valence-corrected chi connectivity index (χ0v) is 12.9. The molecular formula is C14H16BrNOS. The minimum absolute atomic E-state index is 0.621. The lowest BCUT2D eigenvalue weighted by atomic mass is 10.1. The SMILES string of the molecule is CNCc1cc(C)ccc1OCc1cc(Br)cs1. The van der Waals surface area contributed by atoms with Gasteiger partial charge in [-0.3, -0.25) is 0 Å². The van der Waals surface area contributed by atoms with Crippen LogP contribution in [0, 0.1) is 6.92 Å². The Balaban J connectivity index is 2.08. The quantitative estimate of drug-likeness (QED) is 0.892. The molecule has 0 aliphatic heterocycles. The fraction of sp³-hybridized carbons (Fsp3) is 0.286. The van der Waals surface area contributed by atoms with Gasteiger partial charge in [0.25, 0.3) is 0 Å². The Morgan fingerprint density at radius 1 is 1.33 bits per heavy atom. The van der Waals surface area contributed by atoms with Gasteiger partial charge in [-0.1, -0.05) is 17.7 Å². The minimum atomic E-state index is 0.621. The monoisotopic (exact) mass is 325 g/mol. The number of halogens is 1. The molecule has 0 unspecified atom stereocenters. The van der Waals surface area contributed by atoms with Crippen LogP contribution < -0.4 is 10.1 Å². The van der Waals surface area contributed by atoms with E-state index in [2.05, 4.69) is 51.7 Å². The van der Waals surface area contributed by atoms with Crippen molar-refractivity contribution in [1.29, 1.82) is 0 Å². The maximum atomic E-state index is 5.89. The first-order chi connectivity index (χ1) is 8.69. The third kappa shape index (κ3) is 3.57. The molecule has 96 valence electrons. The van der Waals surface area contributed by atoms with E-state index in [4.69, 9.17) is 4.74 Å². The Kier molecular flexibility index (Phi) is 4.80. The molecule has 1 aromatic carbocycles. The molecule has 0 aliphatic rings.